The molecular weight excluding hydrogens is 348 g/mol. The van der Waals surface area contributed by atoms with Gasteiger partial charge in [0.25, 0.3) is 0 Å². The van der Waals surface area contributed by atoms with E-state index in [1.165, 1.54) is 12.0 Å². The van der Waals surface area contributed by atoms with Crippen LogP contribution in [0.25, 0.3) is 0 Å². The van der Waals surface area contributed by atoms with Crippen molar-refractivity contribution in [2.75, 3.05) is 18.0 Å². The number of para-hydroxylation sites is 1. The molecule has 0 unspecified atom stereocenters. The Labute approximate surface area is 159 Å². The molecular formula is C20H23ClN4O. The van der Waals surface area contributed by atoms with E-state index in [-0.39, 0.29) is 11.9 Å². The Balaban J connectivity index is 1.68. The van der Waals surface area contributed by atoms with Crippen molar-refractivity contribution in [1.82, 2.24) is 15.1 Å². The van der Waals surface area contributed by atoms with E-state index in [1.807, 2.05) is 34.1 Å². The molecule has 136 valence electrons. The highest BCUT2D eigenvalue weighted by atomic mass is 35.5. The SMILES string of the molecule is C[C@@H]1C[C@H](C)CN(C(=O)[C@@H]2Cc3ccccc3N2c2ccc(Cl)nn2)C1. The predicted octanol–water partition coefficient (Wildman–Crippen LogP) is 3.70. The Morgan fingerprint density at radius 2 is 1.81 bits per heavy atom. The Bertz CT molecular complexity index is 800. The number of nitrogens with zero attached hydrogens (tertiary/aromatic N) is 4. The number of carbonyl (C=O) groups is 1. The number of rotatable bonds is 2. The maximum Gasteiger partial charge on any atom is 0.246 e. The zero-order chi connectivity index (χ0) is 18.3. The largest absolute Gasteiger partial charge is 0.340 e. The molecule has 6 heteroatoms. The summed E-state index contributed by atoms with van der Waals surface area (Å²) in [4.78, 5) is 17.5. The molecule has 0 radical (unpaired) electrons. The number of anilines is 2. The highest BCUT2D eigenvalue weighted by Crippen LogP contribution is 2.38. The van der Waals surface area contributed by atoms with E-state index in [9.17, 15) is 4.79 Å². The van der Waals surface area contributed by atoms with E-state index in [4.69, 9.17) is 11.6 Å². The number of likely N-dealkylation sites (tertiary alicyclic amines) is 1. The fourth-order valence-electron chi connectivity index (χ4n) is 4.36. The molecule has 0 N–H and O–H groups in total. The molecule has 1 amide bonds. The second-order valence-corrected chi connectivity index (χ2v) is 8.01. The van der Waals surface area contributed by atoms with E-state index in [1.54, 1.807) is 6.07 Å². The zero-order valence-corrected chi connectivity index (χ0v) is 15.9. The molecule has 4 rings (SSSR count). The normalized spacial score (nSPS) is 25.3. The van der Waals surface area contributed by atoms with Crippen LogP contribution in [-0.2, 0) is 11.2 Å². The van der Waals surface area contributed by atoms with Gasteiger partial charge in [-0.15, -0.1) is 10.2 Å². The van der Waals surface area contributed by atoms with Crippen molar-refractivity contribution >= 4 is 29.0 Å². The van der Waals surface area contributed by atoms with Gasteiger partial charge in [0.15, 0.2) is 11.0 Å². The molecule has 1 fully saturated rings. The molecule has 0 spiro atoms. The van der Waals surface area contributed by atoms with Crippen LogP contribution >= 0.6 is 11.6 Å². The van der Waals surface area contributed by atoms with Crippen LogP contribution in [0.15, 0.2) is 36.4 Å². The van der Waals surface area contributed by atoms with Crippen molar-refractivity contribution in [2.45, 2.75) is 32.7 Å². The van der Waals surface area contributed by atoms with Crippen LogP contribution in [-0.4, -0.2) is 40.1 Å². The maximum atomic E-state index is 13.4. The van der Waals surface area contributed by atoms with Crippen molar-refractivity contribution in [2.24, 2.45) is 11.8 Å². The minimum atomic E-state index is -0.277. The van der Waals surface area contributed by atoms with Crippen molar-refractivity contribution < 1.29 is 4.79 Å². The summed E-state index contributed by atoms with van der Waals surface area (Å²) >= 11 is 5.90. The predicted molar refractivity (Wildman–Crippen MR) is 103 cm³/mol. The summed E-state index contributed by atoms with van der Waals surface area (Å²) < 4.78 is 0. The van der Waals surface area contributed by atoms with Crippen LogP contribution in [0.5, 0.6) is 0 Å². The number of amides is 1. The topological polar surface area (TPSA) is 49.3 Å². The van der Waals surface area contributed by atoms with Crippen LogP contribution in [0.3, 0.4) is 0 Å². The van der Waals surface area contributed by atoms with Crippen LogP contribution in [0.4, 0.5) is 11.5 Å². The van der Waals surface area contributed by atoms with Gasteiger partial charge in [0.05, 0.1) is 0 Å². The van der Waals surface area contributed by atoms with Crippen molar-refractivity contribution in [3.8, 4) is 0 Å². The summed E-state index contributed by atoms with van der Waals surface area (Å²) in [6, 6.07) is 11.4. The summed E-state index contributed by atoms with van der Waals surface area (Å²) in [7, 11) is 0. The maximum absolute atomic E-state index is 13.4. The molecule has 2 aliphatic heterocycles. The number of hydrogen-bond acceptors (Lipinski definition) is 4. The Morgan fingerprint density at radius 3 is 2.50 bits per heavy atom. The Kier molecular flexibility index (Phi) is 4.57. The fraction of sp³-hybridized carbons (Fsp3) is 0.450. The van der Waals surface area contributed by atoms with Gasteiger partial charge in [-0.05, 0) is 42.0 Å². The summed E-state index contributed by atoms with van der Waals surface area (Å²) in [6.45, 7) is 6.11. The van der Waals surface area contributed by atoms with E-state index in [0.29, 0.717) is 29.2 Å². The third-order valence-electron chi connectivity index (χ3n) is 5.31. The lowest BCUT2D eigenvalue weighted by Gasteiger charge is -2.38. The highest BCUT2D eigenvalue weighted by molar-refractivity contribution is 6.29. The second-order valence-electron chi connectivity index (χ2n) is 7.62. The van der Waals surface area contributed by atoms with Gasteiger partial charge in [-0.2, -0.15) is 0 Å². The van der Waals surface area contributed by atoms with Gasteiger partial charge in [-0.1, -0.05) is 43.6 Å². The Hall–Kier alpha value is -2.14. The average molecular weight is 371 g/mol. The van der Waals surface area contributed by atoms with Crippen LogP contribution in [0.2, 0.25) is 5.15 Å². The Morgan fingerprint density at radius 1 is 1.08 bits per heavy atom. The highest BCUT2D eigenvalue weighted by Gasteiger charge is 2.39. The third-order valence-corrected chi connectivity index (χ3v) is 5.51. The lowest BCUT2D eigenvalue weighted by atomic mass is 9.91. The first-order valence-corrected chi connectivity index (χ1v) is 9.56. The molecule has 2 aliphatic rings. The molecule has 3 heterocycles. The minimum absolute atomic E-state index is 0.177. The minimum Gasteiger partial charge on any atom is -0.340 e. The van der Waals surface area contributed by atoms with Crippen LogP contribution < -0.4 is 4.90 Å². The first-order valence-electron chi connectivity index (χ1n) is 9.18. The first kappa shape index (κ1) is 17.3. The molecule has 0 aliphatic carbocycles. The molecule has 5 nitrogen and oxygen atoms in total. The van der Waals surface area contributed by atoms with Crippen LogP contribution in [0, 0.1) is 11.8 Å². The second kappa shape index (κ2) is 6.88. The summed E-state index contributed by atoms with van der Waals surface area (Å²) in [6.07, 6.45) is 1.87. The number of halogens is 1. The number of piperidine rings is 1. The van der Waals surface area contributed by atoms with E-state index in [2.05, 4.69) is 30.1 Å². The molecule has 0 saturated carbocycles. The smallest absolute Gasteiger partial charge is 0.246 e. The van der Waals surface area contributed by atoms with Gasteiger partial charge < -0.3 is 9.80 Å². The van der Waals surface area contributed by atoms with Crippen LogP contribution in [0.1, 0.15) is 25.8 Å². The van der Waals surface area contributed by atoms with Gasteiger partial charge in [0.1, 0.15) is 6.04 Å². The molecule has 1 saturated heterocycles. The number of hydrogen-bond donors (Lipinski definition) is 0. The molecule has 1 aromatic carbocycles. The molecule has 0 bridgehead atoms. The molecule has 1 aromatic heterocycles. The summed E-state index contributed by atoms with van der Waals surface area (Å²) in [5, 5.41) is 8.57. The van der Waals surface area contributed by atoms with E-state index >= 15 is 0 Å². The summed E-state index contributed by atoms with van der Waals surface area (Å²) in [5.74, 6) is 1.91. The van der Waals surface area contributed by atoms with E-state index < -0.39 is 0 Å². The summed E-state index contributed by atoms with van der Waals surface area (Å²) in [5.41, 5.74) is 2.20. The third kappa shape index (κ3) is 3.16. The monoisotopic (exact) mass is 370 g/mol. The quantitative estimate of drug-likeness (QED) is 0.808. The van der Waals surface area contributed by atoms with Gasteiger partial charge in [-0.3, -0.25) is 4.79 Å². The van der Waals surface area contributed by atoms with Crippen molar-refractivity contribution in [3.05, 3.63) is 47.1 Å². The van der Waals surface area contributed by atoms with Crippen molar-refractivity contribution in [1.29, 1.82) is 0 Å². The molecule has 26 heavy (non-hydrogen) atoms. The first-order chi connectivity index (χ1) is 12.5. The van der Waals surface area contributed by atoms with Gasteiger partial charge in [-0.25, -0.2) is 0 Å². The average Bonchev–Trinajstić information content (AvgIpc) is 3.00. The molecule has 3 atom stereocenters. The van der Waals surface area contributed by atoms with Gasteiger partial charge in [0, 0.05) is 25.2 Å². The fourth-order valence-corrected chi connectivity index (χ4v) is 4.46. The number of fused-ring (bicyclic) bond motifs is 1. The number of aromatic nitrogens is 2. The lowest BCUT2D eigenvalue weighted by Crippen LogP contribution is -2.50. The van der Waals surface area contributed by atoms with Gasteiger partial charge >= 0.3 is 0 Å². The molecule has 2 aromatic rings. The van der Waals surface area contributed by atoms with Gasteiger partial charge in [0.2, 0.25) is 5.91 Å². The number of benzene rings is 1. The van der Waals surface area contributed by atoms with Crippen molar-refractivity contribution in [3.63, 3.8) is 0 Å². The van der Waals surface area contributed by atoms with E-state index in [0.717, 1.165) is 18.8 Å². The lowest BCUT2D eigenvalue weighted by molar-refractivity contribution is -0.135. The number of carbonyl (C=O) groups excluding carboxylic acids is 1. The zero-order valence-electron chi connectivity index (χ0n) is 15.1. The standard InChI is InChI=1S/C20H23ClN4O/c1-13-9-14(2)12-24(11-13)20(26)17-10-15-5-3-4-6-16(15)25(17)19-8-7-18(21)22-23-19/h3-8,13-14,17H,9-12H2,1-2H3/t13-,14+,17-/m0/s1.